The Balaban J connectivity index is 2.15. The first-order chi connectivity index (χ1) is 14.3. The van der Waals surface area contributed by atoms with Gasteiger partial charge in [0.05, 0.1) is 16.0 Å². The summed E-state index contributed by atoms with van der Waals surface area (Å²) in [5.74, 6) is -1.47. The van der Waals surface area contributed by atoms with Crippen LogP contribution in [0, 0.1) is 0 Å². The highest BCUT2D eigenvalue weighted by Gasteiger charge is 2.44. The summed E-state index contributed by atoms with van der Waals surface area (Å²) in [6.45, 7) is -1.66. The minimum atomic E-state index is -4.67. The van der Waals surface area contributed by atoms with Crippen LogP contribution in [-0.4, -0.2) is 23.9 Å². The molecule has 31 heavy (non-hydrogen) atoms. The Morgan fingerprint density at radius 2 is 1.61 bits per heavy atom. The van der Waals surface area contributed by atoms with Gasteiger partial charge in [-0.2, -0.15) is 26.3 Å². The number of rotatable bonds is 5. The van der Waals surface area contributed by atoms with E-state index in [1.807, 2.05) is 0 Å². The number of ether oxygens (including phenoxy) is 1. The van der Waals surface area contributed by atoms with E-state index >= 15 is 0 Å². The average molecular weight is 467 g/mol. The molecule has 0 saturated heterocycles. The first-order valence-electron chi connectivity index (χ1n) is 9.28. The average Bonchev–Trinajstić information content (AvgIpc) is 3.16. The molecule has 0 radical (unpaired) electrons. The highest BCUT2D eigenvalue weighted by Crippen LogP contribution is 2.47. The van der Waals surface area contributed by atoms with Crippen LogP contribution in [0.4, 0.5) is 26.3 Å². The molecule has 1 aliphatic carbocycles. The van der Waals surface area contributed by atoms with Gasteiger partial charge in [-0.1, -0.05) is 36.6 Å². The minimum absolute atomic E-state index is 0.00648. The number of hydrogen-bond donors (Lipinski definition) is 1. The Labute approximate surface area is 178 Å². The van der Waals surface area contributed by atoms with Crippen molar-refractivity contribution in [1.29, 1.82) is 0 Å². The van der Waals surface area contributed by atoms with Crippen molar-refractivity contribution in [2.75, 3.05) is 6.61 Å². The second-order valence-electron chi connectivity index (χ2n) is 7.41. The topological polar surface area (TPSA) is 46.5 Å². The smallest absolute Gasteiger partial charge is 0.422 e. The molecule has 3 nitrogen and oxygen atoms in total. The molecule has 1 aliphatic rings. The zero-order valence-electron chi connectivity index (χ0n) is 15.9. The Hall–Kier alpha value is -2.42. The van der Waals surface area contributed by atoms with Gasteiger partial charge >= 0.3 is 18.3 Å². The molecule has 1 N–H and O–H groups in total. The summed E-state index contributed by atoms with van der Waals surface area (Å²) < 4.78 is 81.7. The summed E-state index contributed by atoms with van der Waals surface area (Å²) in [7, 11) is 0. The fourth-order valence-corrected chi connectivity index (χ4v) is 4.10. The molecule has 10 heteroatoms. The van der Waals surface area contributed by atoms with E-state index in [2.05, 4.69) is 0 Å². The fraction of sp³-hybridized carbons (Fsp3) is 0.381. The summed E-state index contributed by atoms with van der Waals surface area (Å²) >= 11 is 6.20. The van der Waals surface area contributed by atoms with Gasteiger partial charge in [0.2, 0.25) is 0 Å². The van der Waals surface area contributed by atoms with Gasteiger partial charge in [0.25, 0.3) is 0 Å². The number of halogens is 7. The van der Waals surface area contributed by atoms with Crippen molar-refractivity contribution in [2.24, 2.45) is 0 Å². The molecule has 168 valence electrons. The molecule has 0 aliphatic heterocycles. The zero-order chi connectivity index (χ0) is 23.0. The van der Waals surface area contributed by atoms with Gasteiger partial charge in [0.15, 0.2) is 6.61 Å². The number of aliphatic carboxylic acids is 1. The number of benzene rings is 2. The maximum atomic E-state index is 12.9. The minimum Gasteiger partial charge on any atom is -0.482 e. The molecule has 0 bridgehead atoms. The molecule has 2 aromatic rings. The van der Waals surface area contributed by atoms with Crippen LogP contribution in [0.3, 0.4) is 0 Å². The lowest BCUT2D eigenvalue weighted by atomic mass is 9.78. The van der Waals surface area contributed by atoms with Crippen molar-refractivity contribution < 1.29 is 41.0 Å². The monoisotopic (exact) mass is 466 g/mol. The Morgan fingerprint density at radius 1 is 1.03 bits per heavy atom. The SMILES string of the molecule is O=C(O)C1(c2cc(Cl)c(OCC(F)(F)F)c(-c3ccc(C(F)(F)F)cc3)c2)CCCC1. The molecule has 0 spiro atoms. The Bertz CT molecular complexity index is 961. The predicted octanol–water partition coefficient (Wildman–Crippen LogP) is 6.86. The van der Waals surface area contributed by atoms with Gasteiger partial charge in [0, 0.05) is 5.56 Å². The van der Waals surface area contributed by atoms with Crippen molar-refractivity contribution in [2.45, 2.75) is 43.5 Å². The second-order valence-corrected chi connectivity index (χ2v) is 7.82. The van der Waals surface area contributed by atoms with Crippen LogP contribution in [0.1, 0.15) is 36.8 Å². The van der Waals surface area contributed by atoms with Gasteiger partial charge in [-0.05, 0) is 48.2 Å². The number of hydrogen-bond acceptors (Lipinski definition) is 2. The fourth-order valence-electron chi connectivity index (χ4n) is 3.83. The summed E-state index contributed by atoms with van der Waals surface area (Å²) in [6, 6.07) is 6.35. The van der Waals surface area contributed by atoms with E-state index in [0.717, 1.165) is 24.3 Å². The third-order valence-electron chi connectivity index (χ3n) is 5.37. The van der Waals surface area contributed by atoms with Crippen LogP contribution >= 0.6 is 11.6 Å². The van der Waals surface area contributed by atoms with Crippen molar-refractivity contribution in [3.63, 3.8) is 0 Å². The van der Waals surface area contributed by atoms with Crippen molar-refractivity contribution in [3.05, 3.63) is 52.5 Å². The number of carboxylic acid groups (broad SMARTS) is 1. The lowest BCUT2D eigenvalue weighted by Crippen LogP contribution is -2.32. The van der Waals surface area contributed by atoms with Gasteiger partial charge < -0.3 is 9.84 Å². The molecular weight excluding hydrogens is 450 g/mol. The third-order valence-corrected chi connectivity index (χ3v) is 5.65. The lowest BCUT2D eigenvalue weighted by molar-refractivity contribution is -0.153. The molecule has 0 aromatic heterocycles. The first kappa shape index (κ1) is 23.2. The summed E-state index contributed by atoms with van der Waals surface area (Å²) in [5, 5.41) is 9.58. The van der Waals surface area contributed by atoms with Crippen LogP contribution < -0.4 is 4.74 Å². The first-order valence-corrected chi connectivity index (χ1v) is 9.66. The van der Waals surface area contributed by atoms with E-state index < -0.39 is 35.9 Å². The third kappa shape index (κ3) is 4.92. The molecular formula is C21H17ClF6O3. The van der Waals surface area contributed by atoms with Crippen molar-refractivity contribution >= 4 is 17.6 Å². The number of carbonyl (C=O) groups is 1. The molecule has 1 saturated carbocycles. The Morgan fingerprint density at radius 3 is 2.10 bits per heavy atom. The van der Waals surface area contributed by atoms with Crippen LogP contribution in [0.15, 0.2) is 36.4 Å². The molecule has 2 aromatic carbocycles. The molecule has 0 amide bonds. The largest absolute Gasteiger partial charge is 0.482 e. The quantitative estimate of drug-likeness (QED) is 0.489. The Kier molecular flexibility index (Phi) is 6.19. The molecule has 0 atom stereocenters. The van der Waals surface area contributed by atoms with Crippen LogP contribution in [-0.2, 0) is 16.4 Å². The maximum Gasteiger partial charge on any atom is 0.422 e. The van der Waals surface area contributed by atoms with Gasteiger partial charge in [-0.15, -0.1) is 0 Å². The number of carboxylic acids is 1. The standard InChI is InChI=1S/C21H17ClF6O3/c22-16-10-14(19(18(29)30)7-1-2-8-19)9-15(17(16)31-11-20(23,24)25)12-3-5-13(6-4-12)21(26,27)28/h3-6,9-10H,1-2,7-8,11H2,(H,29,30). The van der Waals surface area contributed by atoms with E-state index in [9.17, 15) is 36.2 Å². The zero-order valence-corrected chi connectivity index (χ0v) is 16.7. The van der Waals surface area contributed by atoms with Crippen LogP contribution in [0.5, 0.6) is 5.75 Å². The van der Waals surface area contributed by atoms with Crippen LogP contribution in [0.2, 0.25) is 5.02 Å². The number of alkyl halides is 6. The maximum absolute atomic E-state index is 12.9. The molecule has 0 heterocycles. The summed E-state index contributed by atoms with van der Waals surface area (Å²) in [4.78, 5) is 12.0. The van der Waals surface area contributed by atoms with Gasteiger partial charge in [-0.3, -0.25) is 4.79 Å². The van der Waals surface area contributed by atoms with E-state index in [1.165, 1.54) is 12.1 Å². The highest BCUT2D eigenvalue weighted by molar-refractivity contribution is 6.32. The van der Waals surface area contributed by atoms with Crippen LogP contribution in [0.25, 0.3) is 11.1 Å². The normalized spacial score (nSPS) is 16.4. The van der Waals surface area contributed by atoms with Gasteiger partial charge in [0.1, 0.15) is 5.75 Å². The van der Waals surface area contributed by atoms with Gasteiger partial charge in [-0.25, -0.2) is 0 Å². The van der Waals surface area contributed by atoms with E-state index in [4.69, 9.17) is 16.3 Å². The predicted molar refractivity (Wildman–Crippen MR) is 101 cm³/mol. The van der Waals surface area contributed by atoms with Crippen molar-refractivity contribution in [1.82, 2.24) is 0 Å². The van der Waals surface area contributed by atoms with Crippen molar-refractivity contribution in [3.8, 4) is 16.9 Å². The lowest BCUT2D eigenvalue weighted by Gasteiger charge is -2.26. The molecule has 1 fully saturated rings. The van der Waals surface area contributed by atoms with E-state index in [0.29, 0.717) is 25.7 Å². The highest BCUT2D eigenvalue weighted by atomic mass is 35.5. The van der Waals surface area contributed by atoms with E-state index in [1.54, 1.807) is 0 Å². The second kappa shape index (κ2) is 8.26. The summed E-state index contributed by atoms with van der Waals surface area (Å²) in [5.41, 5.74) is -1.82. The van der Waals surface area contributed by atoms with E-state index in [-0.39, 0.29) is 27.5 Å². The molecule has 0 unspecified atom stereocenters. The molecule has 3 rings (SSSR count). The summed E-state index contributed by atoms with van der Waals surface area (Å²) in [6.07, 6.45) is -7.35.